The molecular formula is C18H18F2N2O3S. The summed E-state index contributed by atoms with van der Waals surface area (Å²) in [6.45, 7) is 3.83. The van der Waals surface area contributed by atoms with E-state index in [9.17, 15) is 22.0 Å². The van der Waals surface area contributed by atoms with Crippen molar-refractivity contribution < 1.29 is 22.0 Å². The van der Waals surface area contributed by atoms with Gasteiger partial charge in [0.25, 0.3) is 0 Å². The van der Waals surface area contributed by atoms with Gasteiger partial charge in [-0.15, -0.1) is 0 Å². The van der Waals surface area contributed by atoms with E-state index >= 15 is 0 Å². The predicted molar refractivity (Wildman–Crippen MR) is 92.8 cm³/mol. The van der Waals surface area contributed by atoms with E-state index in [1.165, 1.54) is 18.2 Å². The van der Waals surface area contributed by atoms with Gasteiger partial charge in [-0.05, 0) is 35.2 Å². The highest BCUT2D eigenvalue weighted by Gasteiger charge is 2.62. The molecule has 2 aromatic rings. The smallest absolute Gasteiger partial charge is 0.238 e. The highest BCUT2D eigenvalue weighted by Crippen LogP contribution is 2.64. The first-order chi connectivity index (χ1) is 12.0. The molecule has 0 aromatic heterocycles. The SMILES string of the molecule is CC1(C)[C@H](C(=O)Nc2ccc(F)c(F)c2)[C@H]1c1ccc(S(N)(=O)=O)cc1. The number of primary sulfonamides is 1. The Morgan fingerprint density at radius 2 is 1.69 bits per heavy atom. The second-order valence-electron chi connectivity index (χ2n) is 7.01. The Kier molecular flexibility index (Phi) is 4.36. The molecule has 8 heteroatoms. The predicted octanol–water partition coefficient (Wildman–Crippen LogP) is 2.99. The summed E-state index contributed by atoms with van der Waals surface area (Å²) in [4.78, 5) is 12.6. The Balaban J connectivity index is 1.78. The first kappa shape index (κ1) is 18.5. The molecular weight excluding hydrogens is 362 g/mol. The topological polar surface area (TPSA) is 89.3 Å². The maximum absolute atomic E-state index is 13.3. The molecule has 0 heterocycles. The number of anilines is 1. The minimum Gasteiger partial charge on any atom is -0.326 e. The largest absolute Gasteiger partial charge is 0.326 e. The van der Waals surface area contributed by atoms with E-state index in [1.54, 1.807) is 12.1 Å². The number of nitrogens with two attached hydrogens (primary N) is 1. The fraction of sp³-hybridized carbons (Fsp3) is 0.278. The molecule has 138 valence electrons. The average Bonchev–Trinajstić information content (AvgIpc) is 3.13. The van der Waals surface area contributed by atoms with Gasteiger partial charge in [-0.3, -0.25) is 4.79 Å². The number of benzene rings is 2. The third-order valence-corrected chi connectivity index (χ3v) is 5.79. The van der Waals surface area contributed by atoms with Crippen molar-refractivity contribution in [2.75, 3.05) is 5.32 Å². The van der Waals surface area contributed by atoms with E-state index in [1.807, 2.05) is 13.8 Å². The number of carbonyl (C=O) groups excluding carboxylic acids is 1. The number of nitrogens with one attached hydrogen (secondary N) is 1. The lowest BCUT2D eigenvalue weighted by molar-refractivity contribution is -0.118. The van der Waals surface area contributed by atoms with Gasteiger partial charge in [0, 0.05) is 17.7 Å². The van der Waals surface area contributed by atoms with Crippen molar-refractivity contribution in [3.63, 3.8) is 0 Å². The number of hydrogen-bond acceptors (Lipinski definition) is 3. The van der Waals surface area contributed by atoms with Crippen molar-refractivity contribution in [3.8, 4) is 0 Å². The molecule has 0 unspecified atom stereocenters. The van der Waals surface area contributed by atoms with Crippen LogP contribution in [0, 0.1) is 23.0 Å². The van der Waals surface area contributed by atoms with E-state index in [2.05, 4.69) is 5.32 Å². The van der Waals surface area contributed by atoms with Crippen molar-refractivity contribution in [1.29, 1.82) is 0 Å². The van der Waals surface area contributed by atoms with E-state index in [4.69, 9.17) is 5.14 Å². The molecule has 2 aromatic carbocycles. The quantitative estimate of drug-likeness (QED) is 0.855. The Morgan fingerprint density at radius 3 is 2.23 bits per heavy atom. The number of sulfonamides is 1. The molecule has 0 spiro atoms. The molecule has 0 radical (unpaired) electrons. The van der Waals surface area contributed by atoms with Crippen LogP contribution in [0.3, 0.4) is 0 Å². The maximum atomic E-state index is 13.3. The van der Waals surface area contributed by atoms with Crippen molar-refractivity contribution >= 4 is 21.6 Å². The molecule has 2 atom stereocenters. The van der Waals surface area contributed by atoms with Crippen LogP contribution < -0.4 is 10.5 Å². The number of hydrogen-bond donors (Lipinski definition) is 2. The van der Waals surface area contributed by atoms with Gasteiger partial charge >= 0.3 is 0 Å². The second-order valence-corrected chi connectivity index (χ2v) is 8.57. The lowest BCUT2D eigenvalue weighted by Crippen LogP contribution is -2.17. The standard InChI is InChI=1S/C18H18F2N2O3S/c1-18(2)15(10-3-6-12(7-4-10)26(21,24)25)16(18)17(23)22-11-5-8-13(19)14(20)9-11/h3-9,15-16H,1-2H3,(H,22,23)(H2,21,24,25)/t15-,16+/m1/s1. The van der Waals surface area contributed by atoms with Crippen LogP contribution in [-0.4, -0.2) is 14.3 Å². The van der Waals surface area contributed by atoms with Gasteiger partial charge in [-0.25, -0.2) is 22.3 Å². The Bertz CT molecular complexity index is 972. The van der Waals surface area contributed by atoms with Gasteiger partial charge in [-0.2, -0.15) is 0 Å². The van der Waals surface area contributed by atoms with Crippen molar-refractivity contribution in [2.24, 2.45) is 16.5 Å². The molecule has 26 heavy (non-hydrogen) atoms. The first-order valence-corrected chi connectivity index (χ1v) is 9.45. The molecule has 1 aliphatic rings. The fourth-order valence-electron chi connectivity index (χ4n) is 3.41. The van der Waals surface area contributed by atoms with Gasteiger partial charge in [0.1, 0.15) is 0 Å². The lowest BCUT2D eigenvalue weighted by Gasteiger charge is -2.06. The summed E-state index contributed by atoms with van der Waals surface area (Å²) in [6, 6.07) is 9.26. The molecule has 0 aliphatic heterocycles. The first-order valence-electron chi connectivity index (χ1n) is 7.90. The summed E-state index contributed by atoms with van der Waals surface area (Å²) in [5, 5.41) is 7.69. The summed E-state index contributed by atoms with van der Waals surface area (Å²) in [6.07, 6.45) is 0. The van der Waals surface area contributed by atoms with Crippen LogP contribution in [0.5, 0.6) is 0 Å². The molecule has 0 saturated heterocycles. The zero-order valence-electron chi connectivity index (χ0n) is 14.2. The summed E-state index contributed by atoms with van der Waals surface area (Å²) in [5.74, 6) is -2.82. The molecule has 0 bridgehead atoms. The molecule has 3 rings (SSSR count). The van der Waals surface area contributed by atoms with Crippen LogP contribution in [0.2, 0.25) is 0 Å². The lowest BCUT2D eigenvalue weighted by atomic mass is 10.0. The molecule has 1 aliphatic carbocycles. The fourth-order valence-corrected chi connectivity index (χ4v) is 3.92. The third kappa shape index (κ3) is 3.34. The number of halogens is 2. The van der Waals surface area contributed by atoms with E-state index in [-0.39, 0.29) is 33.7 Å². The van der Waals surface area contributed by atoms with E-state index < -0.39 is 21.7 Å². The highest BCUT2D eigenvalue weighted by molar-refractivity contribution is 7.89. The molecule has 1 amide bonds. The average molecular weight is 380 g/mol. The zero-order valence-corrected chi connectivity index (χ0v) is 15.0. The molecule has 5 nitrogen and oxygen atoms in total. The normalized spacial score (nSPS) is 21.3. The summed E-state index contributed by atoms with van der Waals surface area (Å²) < 4.78 is 49.0. The molecule has 1 saturated carbocycles. The van der Waals surface area contributed by atoms with Crippen molar-refractivity contribution in [1.82, 2.24) is 0 Å². The number of rotatable bonds is 4. The highest BCUT2D eigenvalue weighted by atomic mass is 32.2. The Hall–Kier alpha value is -2.32. The molecule has 1 fully saturated rings. The van der Waals surface area contributed by atoms with Gasteiger partial charge in [0.2, 0.25) is 15.9 Å². The van der Waals surface area contributed by atoms with Gasteiger partial charge in [-0.1, -0.05) is 26.0 Å². The monoisotopic (exact) mass is 380 g/mol. The summed E-state index contributed by atoms with van der Waals surface area (Å²) >= 11 is 0. The van der Waals surface area contributed by atoms with E-state index in [0.717, 1.165) is 17.7 Å². The minimum absolute atomic E-state index is 0.00231. The number of carbonyl (C=O) groups is 1. The summed E-state index contributed by atoms with van der Waals surface area (Å²) in [7, 11) is -3.78. The van der Waals surface area contributed by atoms with E-state index in [0.29, 0.717) is 0 Å². The van der Waals surface area contributed by atoms with Crippen LogP contribution in [0.4, 0.5) is 14.5 Å². The van der Waals surface area contributed by atoms with Crippen LogP contribution >= 0.6 is 0 Å². The van der Waals surface area contributed by atoms with Crippen LogP contribution in [-0.2, 0) is 14.8 Å². The van der Waals surface area contributed by atoms with Gasteiger partial charge in [0.05, 0.1) is 10.8 Å². The van der Waals surface area contributed by atoms with Crippen LogP contribution in [0.1, 0.15) is 25.3 Å². The van der Waals surface area contributed by atoms with Crippen molar-refractivity contribution in [3.05, 3.63) is 59.7 Å². The minimum atomic E-state index is -3.78. The van der Waals surface area contributed by atoms with Crippen LogP contribution in [0.15, 0.2) is 47.4 Å². The Labute approximate surface area is 150 Å². The Morgan fingerprint density at radius 1 is 1.08 bits per heavy atom. The second kappa shape index (κ2) is 6.14. The van der Waals surface area contributed by atoms with Gasteiger partial charge < -0.3 is 5.32 Å². The third-order valence-electron chi connectivity index (χ3n) is 4.86. The van der Waals surface area contributed by atoms with Gasteiger partial charge in [0.15, 0.2) is 11.6 Å². The zero-order chi connectivity index (χ0) is 19.3. The van der Waals surface area contributed by atoms with Crippen molar-refractivity contribution in [2.45, 2.75) is 24.7 Å². The maximum Gasteiger partial charge on any atom is 0.238 e. The summed E-state index contributed by atoms with van der Waals surface area (Å²) in [5.41, 5.74) is 0.638. The van der Waals surface area contributed by atoms with Crippen LogP contribution in [0.25, 0.3) is 0 Å². The number of amides is 1. The molecule has 3 N–H and O–H groups in total.